The van der Waals surface area contributed by atoms with Crippen molar-refractivity contribution in [2.24, 2.45) is 0 Å². The Bertz CT molecular complexity index is 3140. The van der Waals surface area contributed by atoms with E-state index in [0.29, 0.717) is 5.82 Å². The maximum Gasteiger partial charge on any atom is 0.160 e. The highest BCUT2D eigenvalue weighted by molar-refractivity contribution is 6.06. The first-order chi connectivity index (χ1) is 28.1. The number of hydrogen-bond donors (Lipinski definition) is 0. The maximum absolute atomic E-state index is 6.19. The summed E-state index contributed by atoms with van der Waals surface area (Å²) < 4.78 is 6.19. The molecule has 3 heteroatoms. The van der Waals surface area contributed by atoms with Crippen molar-refractivity contribution < 1.29 is 4.42 Å². The summed E-state index contributed by atoms with van der Waals surface area (Å²) in [7, 11) is 0. The summed E-state index contributed by atoms with van der Waals surface area (Å²) in [6, 6.07) is 71.1. The SMILES string of the molecule is CC1(c2ccccc2)c2ccccc2-c2ccc(-c3ccccc3-c3cc(-c4ccccc4-c4ccc5oc6ccccc6c5c4)nc(-c4ccccc4)n3)cc21. The molecule has 2 aromatic heterocycles. The van der Waals surface area contributed by atoms with Crippen molar-refractivity contribution in [3.05, 3.63) is 217 Å². The Kier molecular flexibility index (Phi) is 7.61. The number of aromatic nitrogens is 2. The van der Waals surface area contributed by atoms with Gasteiger partial charge in [0, 0.05) is 32.9 Å². The second-order valence-electron chi connectivity index (χ2n) is 15.0. The van der Waals surface area contributed by atoms with Crippen molar-refractivity contribution in [2.75, 3.05) is 0 Å². The van der Waals surface area contributed by atoms with Gasteiger partial charge in [0.1, 0.15) is 11.2 Å². The molecule has 10 aromatic rings. The van der Waals surface area contributed by atoms with E-state index in [1.54, 1.807) is 0 Å². The van der Waals surface area contributed by atoms with E-state index >= 15 is 0 Å². The van der Waals surface area contributed by atoms with E-state index < -0.39 is 0 Å². The van der Waals surface area contributed by atoms with Gasteiger partial charge in [0.15, 0.2) is 5.82 Å². The topological polar surface area (TPSA) is 38.9 Å². The largest absolute Gasteiger partial charge is 0.456 e. The summed E-state index contributed by atoms with van der Waals surface area (Å²) >= 11 is 0. The molecule has 8 aromatic carbocycles. The van der Waals surface area contributed by atoms with E-state index in [0.717, 1.165) is 72.3 Å². The molecule has 0 fully saturated rings. The second-order valence-corrected chi connectivity index (χ2v) is 15.0. The predicted octanol–water partition coefficient (Wildman–Crippen LogP) is 14.0. The monoisotopic (exact) mass is 728 g/mol. The quantitative estimate of drug-likeness (QED) is 0.171. The molecule has 1 aliphatic rings. The van der Waals surface area contributed by atoms with Crippen LogP contribution in [0.25, 0.3) is 89.2 Å². The minimum absolute atomic E-state index is 0.295. The summed E-state index contributed by atoms with van der Waals surface area (Å²) in [4.78, 5) is 10.6. The van der Waals surface area contributed by atoms with E-state index in [2.05, 4.69) is 177 Å². The molecule has 1 unspecified atom stereocenters. The Labute approximate surface area is 331 Å². The smallest absolute Gasteiger partial charge is 0.160 e. The lowest BCUT2D eigenvalue weighted by Crippen LogP contribution is -2.22. The molecule has 0 spiro atoms. The van der Waals surface area contributed by atoms with Gasteiger partial charge >= 0.3 is 0 Å². The summed E-state index contributed by atoms with van der Waals surface area (Å²) in [5.41, 5.74) is 17.3. The first-order valence-electron chi connectivity index (χ1n) is 19.5. The molecule has 0 radical (unpaired) electrons. The van der Waals surface area contributed by atoms with Crippen LogP contribution in [0.4, 0.5) is 0 Å². The van der Waals surface area contributed by atoms with Gasteiger partial charge in [-0.2, -0.15) is 0 Å². The molecule has 11 rings (SSSR count). The van der Waals surface area contributed by atoms with Crippen LogP contribution in [0.5, 0.6) is 0 Å². The van der Waals surface area contributed by atoms with Crippen molar-refractivity contribution in [2.45, 2.75) is 12.3 Å². The molecule has 0 aliphatic heterocycles. The third-order valence-electron chi connectivity index (χ3n) is 11.8. The Morgan fingerprint density at radius 2 is 0.895 bits per heavy atom. The van der Waals surface area contributed by atoms with Crippen molar-refractivity contribution in [3.63, 3.8) is 0 Å². The molecule has 0 amide bonds. The molecule has 2 heterocycles. The zero-order chi connectivity index (χ0) is 37.9. The summed E-state index contributed by atoms with van der Waals surface area (Å²) in [6.45, 7) is 2.37. The van der Waals surface area contributed by atoms with E-state index in [1.165, 1.54) is 27.8 Å². The molecule has 0 saturated heterocycles. The summed E-state index contributed by atoms with van der Waals surface area (Å²) in [6.07, 6.45) is 0. The Hall–Kier alpha value is -7.36. The zero-order valence-electron chi connectivity index (χ0n) is 31.4. The summed E-state index contributed by atoms with van der Waals surface area (Å²) in [5, 5.41) is 2.21. The van der Waals surface area contributed by atoms with Crippen molar-refractivity contribution in [3.8, 4) is 67.3 Å². The van der Waals surface area contributed by atoms with Gasteiger partial charge in [-0.15, -0.1) is 0 Å². The fourth-order valence-corrected chi connectivity index (χ4v) is 8.99. The Balaban J connectivity index is 1.09. The first-order valence-corrected chi connectivity index (χ1v) is 19.5. The lowest BCUT2D eigenvalue weighted by atomic mass is 9.74. The highest BCUT2D eigenvalue weighted by atomic mass is 16.3. The van der Waals surface area contributed by atoms with Crippen LogP contribution in [0.3, 0.4) is 0 Å². The van der Waals surface area contributed by atoms with Crippen LogP contribution in [-0.2, 0) is 5.41 Å². The van der Waals surface area contributed by atoms with Crippen LogP contribution in [-0.4, -0.2) is 9.97 Å². The molecule has 268 valence electrons. The number of furan rings is 1. The van der Waals surface area contributed by atoms with E-state index in [1.807, 2.05) is 30.3 Å². The van der Waals surface area contributed by atoms with Crippen LogP contribution in [0.15, 0.2) is 205 Å². The molecule has 57 heavy (non-hydrogen) atoms. The zero-order valence-corrected chi connectivity index (χ0v) is 31.4. The maximum atomic E-state index is 6.19. The Morgan fingerprint density at radius 1 is 0.368 bits per heavy atom. The van der Waals surface area contributed by atoms with Gasteiger partial charge in [-0.05, 0) is 87.3 Å². The average Bonchev–Trinajstić information content (AvgIpc) is 3.79. The molecular weight excluding hydrogens is 693 g/mol. The first kappa shape index (κ1) is 33.0. The lowest BCUT2D eigenvalue weighted by molar-refractivity contribution is 0.669. The number of benzene rings is 8. The molecule has 0 N–H and O–H groups in total. The highest BCUT2D eigenvalue weighted by Gasteiger charge is 2.40. The van der Waals surface area contributed by atoms with Gasteiger partial charge in [-0.25, -0.2) is 9.97 Å². The third kappa shape index (κ3) is 5.35. The lowest BCUT2D eigenvalue weighted by Gasteiger charge is -2.28. The fraction of sp³-hybridized carbons (Fsp3) is 0.0370. The van der Waals surface area contributed by atoms with Gasteiger partial charge in [0.05, 0.1) is 11.4 Å². The number of para-hydroxylation sites is 1. The third-order valence-corrected chi connectivity index (χ3v) is 11.8. The Morgan fingerprint density at radius 3 is 1.61 bits per heavy atom. The van der Waals surface area contributed by atoms with E-state index in [9.17, 15) is 0 Å². The van der Waals surface area contributed by atoms with Crippen LogP contribution in [0.1, 0.15) is 23.6 Å². The van der Waals surface area contributed by atoms with Gasteiger partial charge < -0.3 is 4.42 Å². The van der Waals surface area contributed by atoms with Gasteiger partial charge in [0.25, 0.3) is 0 Å². The molecule has 1 atom stereocenters. The normalized spacial score (nSPS) is 14.5. The number of fused-ring (bicyclic) bond motifs is 6. The molecular formula is C54H36N2O. The summed E-state index contributed by atoms with van der Waals surface area (Å²) in [5.74, 6) is 0.685. The molecule has 1 aliphatic carbocycles. The van der Waals surface area contributed by atoms with Crippen LogP contribution < -0.4 is 0 Å². The second kappa shape index (κ2) is 13.1. The van der Waals surface area contributed by atoms with E-state index in [4.69, 9.17) is 14.4 Å². The minimum Gasteiger partial charge on any atom is -0.456 e. The van der Waals surface area contributed by atoms with Crippen molar-refractivity contribution in [1.29, 1.82) is 0 Å². The van der Waals surface area contributed by atoms with Crippen molar-refractivity contribution in [1.82, 2.24) is 9.97 Å². The van der Waals surface area contributed by atoms with E-state index in [-0.39, 0.29) is 5.41 Å². The van der Waals surface area contributed by atoms with Gasteiger partial charge in [0.2, 0.25) is 0 Å². The number of rotatable bonds is 6. The number of hydrogen-bond acceptors (Lipinski definition) is 3. The molecule has 0 saturated carbocycles. The standard InChI is InChI=1S/C54H36N2O/c1-54(38-18-6-3-7-19-38)47-26-14-12-22-41(47)42-30-28-37(33-48(42)54)40-21-9-11-24-44(40)50-34-49(55-53(56-50)35-16-4-2-5-17-35)43-23-10-8-20-39(43)36-29-31-52-46(32-36)45-25-13-15-27-51(45)57-52/h2-34H,1H3. The average molecular weight is 729 g/mol. The van der Waals surface area contributed by atoms with Crippen LogP contribution >= 0.6 is 0 Å². The van der Waals surface area contributed by atoms with Crippen LogP contribution in [0.2, 0.25) is 0 Å². The number of nitrogens with zero attached hydrogens (tertiary/aromatic N) is 2. The van der Waals surface area contributed by atoms with Gasteiger partial charge in [-0.1, -0.05) is 170 Å². The molecule has 0 bridgehead atoms. The highest BCUT2D eigenvalue weighted by Crippen LogP contribution is 2.53. The van der Waals surface area contributed by atoms with Crippen molar-refractivity contribution >= 4 is 21.9 Å². The minimum atomic E-state index is -0.295. The predicted molar refractivity (Wildman–Crippen MR) is 234 cm³/mol. The molecule has 3 nitrogen and oxygen atoms in total. The van der Waals surface area contributed by atoms with Gasteiger partial charge in [-0.3, -0.25) is 0 Å². The van der Waals surface area contributed by atoms with Crippen LogP contribution in [0, 0.1) is 0 Å². The fourth-order valence-electron chi connectivity index (χ4n) is 8.99.